The van der Waals surface area contributed by atoms with Gasteiger partial charge in [-0.25, -0.2) is 0 Å². The lowest BCUT2D eigenvalue weighted by Gasteiger charge is -2.24. The van der Waals surface area contributed by atoms with E-state index in [-0.39, 0.29) is 5.54 Å². The van der Waals surface area contributed by atoms with Crippen LogP contribution >= 0.6 is 0 Å². The predicted octanol–water partition coefficient (Wildman–Crippen LogP) is 2.65. The molecular formula is C13H23N3O. The lowest BCUT2D eigenvalue weighted by atomic mass is 9.92. The van der Waals surface area contributed by atoms with Crippen molar-refractivity contribution in [2.75, 3.05) is 6.54 Å². The fraction of sp³-hybridized carbons (Fsp3) is 0.846. The lowest BCUT2D eigenvalue weighted by molar-refractivity contribution is 0.240. The van der Waals surface area contributed by atoms with Crippen LogP contribution in [0.5, 0.6) is 0 Å². The highest BCUT2D eigenvalue weighted by Gasteiger charge is 2.39. The molecule has 0 amide bonds. The first-order valence-corrected chi connectivity index (χ1v) is 6.74. The molecule has 0 aliphatic carbocycles. The zero-order valence-electron chi connectivity index (χ0n) is 11.1. The molecule has 0 bridgehead atoms. The Bertz CT molecular complexity index is 353. The van der Waals surface area contributed by atoms with Crippen LogP contribution in [-0.2, 0) is 12.0 Å². The maximum absolute atomic E-state index is 5.48. The molecule has 1 fully saturated rings. The van der Waals surface area contributed by atoms with Gasteiger partial charge in [0.2, 0.25) is 5.89 Å². The van der Waals surface area contributed by atoms with Crippen molar-refractivity contribution in [3.05, 3.63) is 11.7 Å². The number of rotatable bonds is 5. The molecule has 2 heterocycles. The molecule has 1 saturated heterocycles. The summed E-state index contributed by atoms with van der Waals surface area (Å²) in [6, 6.07) is 0. The van der Waals surface area contributed by atoms with Crippen molar-refractivity contribution in [3.8, 4) is 0 Å². The third-order valence-corrected chi connectivity index (χ3v) is 3.39. The Morgan fingerprint density at radius 1 is 1.47 bits per heavy atom. The molecule has 0 spiro atoms. The smallest absolute Gasteiger partial charge is 0.246 e. The molecule has 1 aliphatic rings. The second-order valence-corrected chi connectivity index (χ2v) is 5.48. The molecule has 2 rings (SSSR count). The Hall–Kier alpha value is -0.900. The minimum Gasteiger partial charge on any atom is -0.337 e. The van der Waals surface area contributed by atoms with Crippen LogP contribution in [0.2, 0.25) is 0 Å². The molecule has 1 aliphatic heterocycles. The number of hydrogen-bond donors (Lipinski definition) is 1. The Morgan fingerprint density at radius 3 is 2.88 bits per heavy atom. The van der Waals surface area contributed by atoms with Gasteiger partial charge in [0.25, 0.3) is 0 Å². The van der Waals surface area contributed by atoms with Crippen molar-refractivity contribution in [3.63, 3.8) is 0 Å². The van der Waals surface area contributed by atoms with E-state index in [0.29, 0.717) is 5.92 Å². The molecule has 1 atom stereocenters. The minimum atomic E-state index is -0.0447. The third-order valence-electron chi connectivity index (χ3n) is 3.39. The van der Waals surface area contributed by atoms with E-state index in [2.05, 4.69) is 36.2 Å². The van der Waals surface area contributed by atoms with E-state index < -0.39 is 0 Å². The van der Waals surface area contributed by atoms with Crippen molar-refractivity contribution in [1.82, 2.24) is 15.5 Å². The molecule has 1 N–H and O–H groups in total. The Morgan fingerprint density at radius 2 is 2.29 bits per heavy atom. The summed E-state index contributed by atoms with van der Waals surface area (Å²) in [5, 5.41) is 7.66. The summed E-state index contributed by atoms with van der Waals surface area (Å²) in [5.41, 5.74) is -0.0447. The molecule has 1 unspecified atom stereocenters. The minimum absolute atomic E-state index is 0.0447. The molecule has 0 radical (unpaired) electrons. The van der Waals surface area contributed by atoms with Gasteiger partial charge in [-0.05, 0) is 31.7 Å². The van der Waals surface area contributed by atoms with Crippen molar-refractivity contribution >= 4 is 0 Å². The van der Waals surface area contributed by atoms with Gasteiger partial charge in [0.15, 0.2) is 5.82 Å². The van der Waals surface area contributed by atoms with E-state index in [1.54, 1.807) is 0 Å². The third kappa shape index (κ3) is 2.68. The van der Waals surface area contributed by atoms with Crippen LogP contribution in [0.3, 0.4) is 0 Å². The molecular weight excluding hydrogens is 214 g/mol. The highest BCUT2D eigenvalue weighted by atomic mass is 16.5. The Balaban J connectivity index is 2.16. The first-order chi connectivity index (χ1) is 8.16. The molecule has 0 saturated carbocycles. The largest absolute Gasteiger partial charge is 0.337 e. The molecule has 0 aromatic carbocycles. The van der Waals surface area contributed by atoms with Crippen LogP contribution in [0.4, 0.5) is 0 Å². The zero-order chi connectivity index (χ0) is 12.3. The van der Waals surface area contributed by atoms with Crippen LogP contribution in [0.25, 0.3) is 0 Å². The summed E-state index contributed by atoms with van der Waals surface area (Å²) in [4.78, 5) is 4.58. The van der Waals surface area contributed by atoms with Gasteiger partial charge in [0, 0.05) is 6.42 Å². The van der Waals surface area contributed by atoms with Crippen LogP contribution in [0, 0.1) is 5.92 Å². The normalized spacial score (nSPS) is 24.7. The maximum atomic E-state index is 5.48. The van der Waals surface area contributed by atoms with Gasteiger partial charge in [-0.2, -0.15) is 4.98 Å². The average molecular weight is 237 g/mol. The quantitative estimate of drug-likeness (QED) is 0.855. The monoisotopic (exact) mass is 237 g/mol. The van der Waals surface area contributed by atoms with Crippen LogP contribution in [-0.4, -0.2) is 16.7 Å². The van der Waals surface area contributed by atoms with Gasteiger partial charge in [-0.3, -0.25) is 0 Å². The van der Waals surface area contributed by atoms with E-state index in [0.717, 1.165) is 43.9 Å². The fourth-order valence-electron chi connectivity index (χ4n) is 2.63. The van der Waals surface area contributed by atoms with Crippen molar-refractivity contribution < 1.29 is 4.52 Å². The maximum Gasteiger partial charge on any atom is 0.246 e. The molecule has 1 aromatic heterocycles. The van der Waals surface area contributed by atoms with Gasteiger partial charge in [0.1, 0.15) is 0 Å². The number of aromatic nitrogens is 2. The predicted molar refractivity (Wildman–Crippen MR) is 66.7 cm³/mol. The summed E-state index contributed by atoms with van der Waals surface area (Å²) in [5.74, 6) is 2.21. The summed E-state index contributed by atoms with van der Waals surface area (Å²) >= 11 is 0. The van der Waals surface area contributed by atoms with E-state index in [4.69, 9.17) is 4.52 Å². The summed E-state index contributed by atoms with van der Waals surface area (Å²) in [6.45, 7) is 7.60. The number of nitrogens with zero attached hydrogens (tertiary/aromatic N) is 2. The second-order valence-electron chi connectivity index (χ2n) is 5.48. The van der Waals surface area contributed by atoms with E-state index in [9.17, 15) is 0 Å². The standard InChI is InChI=1S/C13H23N3O/c1-4-6-13(7-5-8-14-13)12-15-11(16-17-12)9-10(2)3/h10,14H,4-9H2,1-3H3. The Kier molecular flexibility index (Phi) is 3.82. The van der Waals surface area contributed by atoms with Gasteiger partial charge in [0.05, 0.1) is 5.54 Å². The van der Waals surface area contributed by atoms with Crippen molar-refractivity contribution in [2.24, 2.45) is 5.92 Å². The lowest BCUT2D eigenvalue weighted by Crippen LogP contribution is -2.37. The summed E-state index contributed by atoms with van der Waals surface area (Å²) in [6.07, 6.45) is 5.42. The molecule has 17 heavy (non-hydrogen) atoms. The van der Waals surface area contributed by atoms with E-state index in [1.807, 2.05) is 0 Å². The topological polar surface area (TPSA) is 51.0 Å². The summed E-state index contributed by atoms with van der Waals surface area (Å²) < 4.78 is 5.48. The second kappa shape index (κ2) is 5.17. The van der Waals surface area contributed by atoms with Crippen LogP contribution in [0.1, 0.15) is 58.2 Å². The average Bonchev–Trinajstić information content (AvgIpc) is 2.87. The van der Waals surface area contributed by atoms with E-state index >= 15 is 0 Å². The fourth-order valence-corrected chi connectivity index (χ4v) is 2.63. The van der Waals surface area contributed by atoms with E-state index in [1.165, 1.54) is 6.42 Å². The molecule has 4 nitrogen and oxygen atoms in total. The molecule has 1 aromatic rings. The van der Waals surface area contributed by atoms with Gasteiger partial charge in [-0.15, -0.1) is 0 Å². The van der Waals surface area contributed by atoms with Crippen molar-refractivity contribution in [1.29, 1.82) is 0 Å². The number of nitrogens with one attached hydrogen (secondary N) is 1. The van der Waals surface area contributed by atoms with Gasteiger partial charge < -0.3 is 9.84 Å². The first kappa shape index (κ1) is 12.6. The van der Waals surface area contributed by atoms with Crippen LogP contribution in [0.15, 0.2) is 4.52 Å². The van der Waals surface area contributed by atoms with Crippen molar-refractivity contribution in [2.45, 2.75) is 58.4 Å². The molecule has 4 heteroatoms. The van der Waals surface area contributed by atoms with Gasteiger partial charge >= 0.3 is 0 Å². The van der Waals surface area contributed by atoms with Crippen LogP contribution < -0.4 is 5.32 Å². The summed E-state index contributed by atoms with van der Waals surface area (Å²) in [7, 11) is 0. The highest BCUT2D eigenvalue weighted by molar-refractivity contribution is 5.06. The Labute approximate surface area is 103 Å². The number of hydrogen-bond acceptors (Lipinski definition) is 4. The zero-order valence-corrected chi connectivity index (χ0v) is 11.1. The SMILES string of the molecule is CCCC1(c2nc(CC(C)C)no2)CCCN1. The first-order valence-electron chi connectivity index (χ1n) is 6.74. The molecule has 96 valence electrons. The van der Waals surface area contributed by atoms with Gasteiger partial charge in [-0.1, -0.05) is 32.3 Å². The highest BCUT2D eigenvalue weighted by Crippen LogP contribution is 2.34.